The van der Waals surface area contributed by atoms with Gasteiger partial charge in [0.2, 0.25) is 0 Å². The van der Waals surface area contributed by atoms with Crippen molar-refractivity contribution in [3.8, 4) is 11.5 Å². The fraction of sp³-hybridized carbons (Fsp3) is 0.190. The van der Waals surface area contributed by atoms with Crippen LogP contribution in [0.15, 0.2) is 42.0 Å². The lowest BCUT2D eigenvalue weighted by Crippen LogP contribution is -2.54. The fourth-order valence-corrected chi connectivity index (χ4v) is 3.71. The molecule has 1 saturated heterocycles. The minimum atomic E-state index is -0.776. The minimum Gasteiger partial charge on any atom is -0.493 e. The number of imide groups is 2. The molecule has 1 fully saturated rings. The maximum absolute atomic E-state index is 13.0. The number of nitrogens with zero attached hydrogens (tertiary/aromatic N) is 1. The Labute approximate surface area is 181 Å². The Morgan fingerprint density at radius 2 is 1.93 bits per heavy atom. The number of amides is 4. The highest BCUT2D eigenvalue weighted by Crippen LogP contribution is 2.35. The highest BCUT2D eigenvalue weighted by Gasteiger charge is 2.36. The summed E-state index contributed by atoms with van der Waals surface area (Å²) in [4.78, 5) is 38.6. The number of hydrogen-bond acceptors (Lipinski definition) is 5. The SMILES string of the molecule is CCOc1c(I)cc(/C=C2/C(=O)NC(=O)N(c3cccc(C)c3)C2=O)cc1OC. The van der Waals surface area contributed by atoms with Crippen LogP contribution in [-0.4, -0.2) is 31.6 Å². The number of halogens is 1. The molecule has 29 heavy (non-hydrogen) atoms. The number of urea groups is 1. The molecule has 4 amide bonds. The van der Waals surface area contributed by atoms with Crippen molar-refractivity contribution in [3.05, 3.63) is 56.7 Å². The van der Waals surface area contributed by atoms with Gasteiger partial charge in [0.05, 0.1) is 23.0 Å². The van der Waals surface area contributed by atoms with Crippen molar-refractivity contribution in [1.29, 1.82) is 0 Å². The molecule has 1 N–H and O–H groups in total. The first-order chi connectivity index (χ1) is 13.8. The maximum Gasteiger partial charge on any atom is 0.335 e. The van der Waals surface area contributed by atoms with Crippen LogP contribution < -0.4 is 19.7 Å². The zero-order valence-corrected chi connectivity index (χ0v) is 18.3. The molecule has 1 aliphatic rings. The van der Waals surface area contributed by atoms with Gasteiger partial charge in [-0.25, -0.2) is 9.69 Å². The van der Waals surface area contributed by atoms with Gasteiger partial charge in [-0.2, -0.15) is 0 Å². The van der Waals surface area contributed by atoms with E-state index in [4.69, 9.17) is 9.47 Å². The highest BCUT2D eigenvalue weighted by atomic mass is 127. The van der Waals surface area contributed by atoms with Gasteiger partial charge in [0.25, 0.3) is 11.8 Å². The summed E-state index contributed by atoms with van der Waals surface area (Å²) in [5.74, 6) is -0.353. The number of barbiturate groups is 1. The predicted octanol–water partition coefficient (Wildman–Crippen LogP) is 3.67. The zero-order chi connectivity index (χ0) is 21.1. The van der Waals surface area contributed by atoms with Crippen molar-refractivity contribution >= 4 is 52.2 Å². The summed E-state index contributed by atoms with van der Waals surface area (Å²) in [6.07, 6.45) is 1.44. The van der Waals surface area contributed by atoms with E-state index in [1.165, 1.54) is 13.2 Å². The third-order valence-electron chi connectivity index (χ3n) is 4.21. The zero-order valence-electron chi connectivity index (χ0n) is 16.1. The number of carbonyl (C=O) groups excluding carboxylic acids is 3. The monoisotopic (exact) mass is 506 g/mol. The minimum absolute atomic E-state index is 0.145. The Hall–Kier alpha value is -2.88. The molecule has 0 spiro atoms. The number of anilines is 1. The van der Waals surface area contributed by atoms with Crippen LogP contribution in [0.4, 0.5) is 10.5 Å². The Morgan fingerprint density at radius 3 is 2.59 bits per heavy atom. The van der Waals surface area contributed by atoms with Crippen molar-refractivity contribution in [3.63, 3.8) is 0 Å². The van der Waals surface area contributed by atoms with Gasteiger partial charge in [0.1, 0.15) is 5.57 Å². The Bertz CT molecular complexity index is 1030. The number of hydrogen-bond donors (Lipinski definition) is 1. The van der Waals surface area contributed by atoms with Gasteiger partial charge < -0.3 is 9.47 Å². The summed E-state index contributed by atoms with van der Waals surface area (Å²) in [6.45, 7) is 4.19. The van der Waals surface area contributed by atoms with Crippen LogP contribution in [0.25, 0.3) is 6.08 Å². The lowest BCUT2D eigenvalue weighted by molar-refractivity contribution is -0.122. The second kappa shape index (κ2) is 8.64. The van der Waals surface area contributed by atoms with Crippen molar-refractivity contribution in [2.75, 3.05) is 18.6 Å². The number of aryl methyl sites for hydroxylation is 1. The average molecular weight is 506 g/mol. The number of benzene rings is 2. The van der Waals surface area contributed by atoms with Crippen molar-refractivity contribution < 1.29 is 23.9 Å². The van der Waals surface area contributed by atoms with E-state index in [0.717, 1.165) is 14.0 Å². The van der Waals surface area contributed by atoms with E-state index in [2.05, 4.69) is 27.9 Å². The molecule has 0 aromatic heterocycles. The number of nitrogens with one attached hydrogen (secondary N) is 1. The number of methoxy groups -OCH3 is 1. The van der Waals surface area contributed by atoms with Crippen molar-refractivity contribution in [1.82, 2.24) is 5.32 Å². The highest BCUT2D eigenvalue weighted by molar-refractivity contribution is 14.1. The molecule has 0 bridgehead atoms. The fourth-order valence-electron chi connectivity index (χ4n) is 2.93. The lowest BCUT2D eigenvalue weighted by atomic mass is 10.1. The molecule has 2 aromatic carbocycles. The van der Waals surface area contributed by atoms with Gasteiger partial charge in [-0.15, -0.1) is 0 Å². The van der Waals surface area contributed by atoms with E-state index in [-0.39, 0.29) is 5.57 Å². The molecule has 0 saturated carbocycles. The summed E-state index contributed by atoms with van der Waals surface area (Å²) in [5, 5.41) is 2.22. The third-order valence-corrected chi connectivity index (χ3v) is 5.01. The summed E-state index contributed by atoms with van der Waals surface area (Å²) in [5.41, 5.74) is 1.71. The molecule has 0 aliphatic carbocycles. The Morgan fingerprint density at radius 1 is 1.17 bits per heavy atom. The molecule has 1 heterocycles. The molecule has 0 radical (unpaired) electrons. The van der Waals surface area contributed by atoms with E-state index in [0.29, 0.717) is 29.4 Å². The van der Waals surface area contributed by atoms with Crippen molar-refractivity contribution in [2.45, 2.75) is 13.8 Å². The van der Waals surface area contributed by atoms with E-state index < -0.39 is 17.8 Å². The summed E-state index contributed by atoms with van der Waals surface area (Å²) in [6, 6.07) is 9.61. The number of carbonyl (C=O) groups is 3. The van der Waals surface area contributed by atoms with E-state index >= 15 is 0 Å². The van der Waals surface area contributed by atoms with Gasteiger partial charge in [-0.05, 0) is 77.9 Å². The normalized spacial score (nSPS) is 15.5. The van der Waals surface area contributed by atoms with Gasteiger partial charge in [0, 0.05) is 0 Å². The molecule has 7 nitrogen and oxygen atoms in total. The first kappa shape index (κ1) is 20.8. The first-order valence-corrected chi connectivity index (χ1v) is 9.92. The molecule has 2 aromatic rings. The second-order valence-corrected chi connectivity index (χ2v) is 7.43. The molecular formula is C21H19IN2O5. The average Bonchev–Trinajstić information content (AvgIpc) is 2.67. The second-order valence-electron chi connectivity index (χ2n) is 6.26. The molecular weight excluding hydrogens is 487 g/mol. The molecule has 150 valence electrons. The van der Waals surface area contributed by atoms with Crippen LogP contribution >= 0.6 is 22.6 Å². The maximum atomic E-state index is 13.0. The number of rotatable bonds is 5. The summed E-state index contributed by atoms with van der Waals surface area (Å²) in [7, 11) is 1.52. The van der Waals surface area contributed by atoms with E-state index in [1.807, 2.05) is 19.9 Å². The van der Waals surface area contributed by atoms with Crippen LogP contribution in [0.3, 0.4) is 0 Å². The third kappa shape index (κ3) is 4.26. The first-order valence-electron chi connectivity index (χ1n) is 8.84. The summed E-state index contributed by atoms with van der Waals surface area (Å²) < 4.78 is 11.7. The van der Waals surface area contributed by atoms with E-state index in [9.17, 15) is 14.4 Å². The lowest BCUT2D eigenvalue weighted by Gasteiger charge is -2.26. The molecule has 3 rings (SSSR count). The molecule has 8 heteroatoms. The van der Waals surface area contributed by atoms with Crippen LogP contribution in [0, 0.1) is 10.5 Å². The van der Waals surface area contributed by atoms with Gasteiger partial charge in [-0.3, -0.25) is 14.9 Å². The smallest absolute Gasteiger partial charge is 0.335 e. The number of ether oxygens (including phenoxy) is 2. The predicted molar refractivity (Wildman–Crippen MR) is 117 cm³/mol. The topological polar surface area (TPSA) is 84.9 Å². The summed E-state index contributed by atoms with van der Waals surface area (Å²) >= 11 is 2.10. The van der Waals surface area contributed by atoms with Crippen LogP contribution in [0.5, 0.6) is 11.5 Å². The largest absolute Gasteiger partial charge is 0.493 e. The van der Waals surface area contributed by atoms with Crippen LogP contribution in [-0.2, 0) is 9.59 Å². The van der Waals surface area contributed by atoms with Crippen LogP contribution in [0.2, 0.25) is 0 Å². The van der Waals surface area contributed by atoms with Crippen LogP contribution in [0.1, 0.15) is 18.1 Å². The van der Waals surface area contributed by atoms with E-state index in [1.54, 1.807) is 30.3 Å². The van der Waals surface area contributed by atoms with Gasteiger partial charge in [0.15, 0.2) is 11.5 Å². The Balaban J connectivity index is 2.04. The van der Waals surface area contributed by atoms with Gasteiger partial charge >= 0.3 is 6.03 Å². The molecule has 0 unspecified atom stereocenters. The van der Waals surface area contributed by atoms with Crippen molar-refractivity contribution in [2.24, 2.45) is 0 Å². The Kier molecular flexibility index (Phi) is 6.21. The quantitative estimate of drug-likeness (QED) is 0.380. The standard InChI is InChI=1S/C21H19IN2O5/c1-4-29-18-16(22)10-13(11-17(18)28-3)9-15-19(25)23-21(27)24(20(15)26)14-7-5-6-12(2)8-14/h5-11H,4H2,1-3H3,(H,23,25,27)/b15-9-. The molecule has 0 atom stereocenters. The van der Waals surface area contributed by atoms with Gasteiger partial charge in [-0.1, -0.05) is 12.1 Å². The molecule has 1 aliphatic heterocycles.